The number of nitrogens with two attached hydrogens (primary N) is 1. The lowest BCUT2D eigenvalue weighted by atomic mass is 10.3. The van der Waals surface area contributed by atoms with Crippen molar-refractivity contribution < 1.29 is 17.5 Å². The minimum Gasteiger partial charge on any atom is -0.473 e. The molecule has 6 nitrogen and oxygen atoms in total. The predicted octanol–water partition coefficient (Wildman–Crippen LogP) is 0.667. The highest BCUT2D eigenvalue weighted by Crippen LogP contribution is 2.21. The number of rotatable bonds is 6. The SMILES string of the molecule is NC/C(=C\F)COc1ccc(S(=O)(=O)N2CCC2)cn1. The molecule has 20 heavy (non-hydrogen) atoms. The monoisotopic (exact) mass is 301 g/mol. The summed E-state index contributed by atoms with van der Waals surface area (Å²) in [5.41, 5.74) is 5.59. The molecule has 2 N–H and O–H groups in total. The maximum atomic E-state index is 12.3. The Morgan fingerprint density at radius 1 is 1.50 bits per heavy atom. The van der Waals surface area contributed by atoms with Gasteiger partial charge < -0.3 is 10.5 Å². The second kappa shape index (κ2) is 6.29. The lowest BCUT2D eigenvalue weighted by Gasteiger charge is -2.29. The van der Waals surface area contributed by atoms with E-state index in [0.717, 1.165) is 6.42 Å². The van der Waals surface area contributed by atoms with Gasteiger partial charge in [-0.25, -0.2) is 17.8 Å². The standard InChI is InChI=1S/C12H16FN3O3S/c13-6-10(7-14)9-19-12-3-2-11(8-15-12)20(17,18)16-4-1-5-16/h2-3,6,8H,1,4-5,7,9,14H2/b10-6+. The minimum atomic E-state index is -3.44. The topological polar surface area (TPSA) is 85.5 Å². The fourth-order valence-corrected chi connectivity index (χ4v) is 3.05. The second-order valence-corrected chi connectivity index (χ2v) is 6.29. The van der Waals surface area contributed by atoms with Gasteiger partial charge in [-0.05, 0) is 12.5 Å². The summed E-state index contributed by atoms with van der Waals surface area (Å²) >= 11 is 0. The van der Waals surface area contributed by atoms with Crippen molar-refractivity contribution in [3.8, 4) is 5.88 Å². The Morgan fingerprint density at radius 3 is 2.70 bits per heavy atom. The molecule has 0 amide bonds. The van der Waals surface area contributed by atoms with E-state index in [2.05, 4.69) is 4.98 Å². The van der Waals surface area contributed by atoms with Crippen molar-refractivity contribution in [2.75, 3.05) is 26.2 Å². The van der Waals surface area contributed by atoms with Gasteiger partial charge in [0.15, 0.2) is 0 Å². The average Bonchev–Trinajstić information content (AvgIpc) is 2.38. The van der Waals surface area contributed by atoms with Crippen molar-refractivity contribution in [2.45, 2.75) is 11.3 Å². The summed E-state index contributed by atoms with van der Waals surface area (Å²) in [4.78, 5) is 4.04. The quantitative estimate of drug-likeness (QED) is 0.834. The number of nitrogens with zero attached hydrogens (tertiary/aromatic N) is 2. The smallest absolute Gasteiger partial charge is 0.244 e. The summed E-state index contributed by atoms with van der Waals surface area (Å²) < 4.78 is 43.0. The summed E-state index contributed by atoms with van der Waals surface area (Å²) in [7, 11) is -3.44. The fourth-order valence-electron chi connectivity index (χ4n) is 1.58. The van der Waals surface area contributed by atoms with Crippen molar-refractivity contribution in [1.82, 2.24) is 9.29 Å². The Balaban J connectivity index is 2.03. The summed E-state index contributed by atoms with van der Waals surface area (Å²) in [6, 6.07) is 2.87. The van der Waals surface area contributed by atoms with E-state index in [9.17, 15) is 12.8 Å². The number of aromatic nitrogens is 1. The van der Waals surface area contributed by atoms with Gasteiger partial charge in [0.05, 0.1) is 12.5 Å². The van der Waals surface area contributed by atoms with Crippen molar-refractivity contribution in [3.63, 3.8) is 0 Å². The number of pyridine rings is 1. The molecule has 0 radical (unpaired) electrons. The van der Waals surface area contributed by atoms with Crippen LogP contribution < -0.4 is 10.5 Å². The fraction of sp³-hybridized carbons (Fsp3) is 0.417. The predicted molar refractivity (Wildman–Crippen MR) is 71.4 cm³/mol. The van der Waals surface area contributed by atoms with Crippen LogP contribution in [0.4, 0.5) is 4.39 Å². The molecule has 2 heterocycles. The van der Waals surface area contributed by atoms with Crippen LogP contribution in [0.15, 0.2) is 35.1 Å². The minimum absolute atomic E-state index is 0.0157. The zero-order valence-electron chi connectivity index (χ0n) is 10.8. The number of hydrogen-bond acceptors (Lipinski definition) is 5. The van der Waals surface area contributed by atoms with E-state index in [1.807, 2.05) is 0 Å². The van der Waals surface area contributed by atoms with Gasteiger partial charge in [-0.15, -0.1) is 0 Å². The van der Waals surface area contributed by atoms with E-state index >= 15 is 0 Å². The largest absolute Gasteiger partial charge is 0.473 e. The van der Waals surface area contributed by atoms with Gasteiger partial charge in [0.2, 0.25) is 15.9 Å². The molecule has 0 spiro atoms. The zero-order valence-corrected chi connectivity index (χ0v) is 11.6. The van der Waals surface area contributed by atoms with E-state index < -0.39 is 10.0 Å². The van der Waals surface area contributed by atoms with E-state index in [0.29, 0.717) is 25.0 Å². The Bertz CT molecular complexity index is 582. The molecule has 0 atom stereocenters. The zero-order chi connectivity index (χ0) is 14.6. The molecule has 1 aromatic rings. The van der Waals surface area contributed by atoms with Crippen LogP contribution in [0.5, 0.6) is 5.88 Å². The molecule has 1 aromatic heterocycles. The van der Waals surface area contributed by atoms with Crippen LogP contribution >= 0.6 is 0 Å². The summed E-state index contributed by atoms with van der Waals surface area (Å²) in [6.45, 7) is 1.12. The highest BCUT2D eigenvalue weighted by Gasteiger charge is 2.29. The first-order chi connectivity index (χ1) is 9.57. The van der Waals surface area contributed by atoms with E-state index in [-0.39, 0.29) is 23.9 Å². The number of hydrogen-bond donors (Lipinski definition) is 1. The van der Waals surface area contributed by atoms with Crippen molar-refractivity contribution in [3.05, 3.63) is 30.2 Å². The molecule has 1 fully saturated rings. The van der Waals surface area contributed by atoms with Crippen molar-refractivity contribution in [1.29, 1.82) is 0 Å². The highest BCUT2D eigenvalue weighted by molar-refractivity contribution is 7.89. The van der Waals surface area contributed by atoms with Crippen LogP contribution in [0.3, 0.4) is 0 Å². The average molecular weight is 301 g/mol. The Labute approximate surface area is 117 Å². The molecule has 0 saturated carbocycles. The van der Waals surface area contributed by atoms with Crippen LogP contribution in [0.1, 0.15) is 6.42 Å². The third-order valence-corrected chi connectivity index (χ3v) is 4.87. The summed E-state index contributed by atoms with van der Waals surface area (Å²) in [6.07, 6.45) is 2.51. The normalized spacial score (nSPS) is 16.8. The third kappa shape index (κ3) is 3.14. The molecule has 2 rings (SSSR count). The molecule has 110 valence electrons. The molecule has 1 saturated heterocycles. The molecule has 1 aliphatic heterocycles. The Morgan fingerprint density at radius 2 is 2.25 bits per heavy atom. The molecular formula is C12H16FN3O3S. The third-order valence-electron chi connectivity index (χ3n) is 2.98. The van der Waals surface area contributed by atoms with Gasteiger partial charge in [-0.2, -0.15) is 4.31 Å². The van der Waals surface area contributed by atoms with Crippen molar-refractivity contribution in [2.24, 2.45) is 5.73 Å². The van der Waals surface area contributed by atoms with Gasteiger partial charge in [-0.3, -0.25) is 0 Å². The van der Waals surface area contributed by atoms with Crippen LogP contribution in [0.2, 0.25) is 0 Å². The van der Waals surface area contributed by atoms with E-state index in [1.165, 1.54) is 22.6 Å². The van der Waals surface area contributed by atoms with Crippen LogP contribution in [-0.2, 0) is 10.0 Å². The first kappa shape index (κ1) is 14.9. The van der Waals surface area contributed by atoms with Gasteiger partial charge in [0.25, 0.3) is 0 Å². The van der Waals surface area contributed by atoms with Gasteiger partial charge in [0, 0.05) is 31.3 Å². The first-order valence-corrected chi connectivity index (χ1v) is 7.59. The molecule has 0 aliphatic carbocycles. The van der Waals surface area contributed by atoms with Crippen molar-refractivity contribution >= 4 is 10.0 Å². The van der Waals surface area contributed by atoms with Crippen LogP contribution in [0, 0.1) is 0 Å². The van der Waals surface area contributed by atoms with Gasteiger partial charge in [0.1, 0.15) is 11.5 Å². The highest BCUT2D eigenvalue weighted by atomic mass is 32.2. The molecular weight excluding hydrogens is 285 g/mol. The second-order valence-electron chi connectivity index (χ2n) is 4.35. The molecule has 0 unspecified atom stereocenters. The summed E-state index contributed by atoms with van der Waals surface area (Å²) in [5, 5.41) is 0. The molecule has 0 bridgehead atoms. The van der Waals surface area contributed by atoms with Gasteiger partial charge >= 0.3 is 0 Å². The maximum absolute atomic E-state index is 12.3. The first-order valence-electron chi connectivity index (χ1n) is 6.15. The molecule has 8 heteroatoms. The maximum Gasteiger partial charge on any atom is 0.244 e. The van der Waals surface area contributed by atoms with Crippen LogP contribution in [0.25, 0.3) is 0 Å². The number of ether oxygens (including phenoxy) is 1. The number of sulfonamides is 1. The lowest BCUT2D eigenvalue weighted by molar-refractivity contribution is 0.309. The molecule has 0 aromatic carbocycles. The summed E-state index contributed by atoms with van der Waals surface area (Å²) in [5.74, 6) is 0.223. The van der Waals surface area contributed by atoms with Gasteiger partial charge in [-0.1, -0.05) is 0 Å². The lowest BCUT2D eigenvalue weighted by Crippen LogP contribution is -2.41. The molecule has 1 aliphatic rings. The number of halogens is 1. The van der Waals surface area contributed by atoms with E-state index in [1.54, 1.807) is 0 Å². The Hall–Kier alpha value is -1.51. The van der Waals surface area contributed by atoms with E-state index in [4.69, 9.17) is 10.5 Å². The van der Waals surface area contributed by atoms with Crippen LogP contribution in [-0.4, -0.2) is 43.9 Å². The Kier molecular flexibility index (Phi) is 4.69.